The van der Waals surface area contributed by atoms with E-state index in [1.165, 1.54) is 0 Å². The second kappa shape index (κ2) is 5.80. The van der Waals surface area contributed by atoms with Gasteiger partial charge in [0.2, 0.25) is 0 Å². The summed E-state index contributed by atoms with van der Waals surface area (Å²) in [5, 5.41) is 4.65. The number of benzene rings is 1. The highest BCUT2D eigenvalue weighted by molar-refractivity contribution is 6.30. The third-order valence-electron chi connectivity index (χ3n) is 2.55. The Morgan fingerprint density at radius 3 is 2.72 bits per heavy atom. The molecular formula is C13H12ClNO3. The summed E-state index contributed by atoms with van der Waals surface area (Å²) in [4.78, 5) is 10.7. The van der Waals surface area contributed by atoms with Gasteiger partial charge in [-0.25, -0.2) is 0 Å². The fraction of sp³-hybridized carbons (Fsp3) is 0.231. The summed E-state index contributed by atoms with van der Waals surface area (Å²) in [6.45, 7) is 0.295. The highest BCUT2D eigenvalue weighted by Gasteiger charge is 2.16. The van der Waals surface area contributed by atoms with Gasteiger partial charge in [0.05, 0.1) is 0 Å². The molecule has 0 atom stereocenters. The van der Waals surface area contributed by atoms with Crippen LogP contribution in [0.3, 0.4) is 0 Å². The zero-order valence-corrected chi connectivity index (χ0v) is 10.6. The summed E-state index contributed by atoms with van der Waals surface area (Å²) in [5.41, 5.74) is 2.28. The Balaban J connectivity index is 2.43. The molecule has 0 saturated carbocycles. The standard InChI is InChI=1S/C13H12ClNO3/c1-17-8-12-11(6-7-16)13(15-18-12)9-2-4-10(14)5-3-9/h2-5,7H,6,8H2,1H3. The molecule has 1 heterocycles. The van der Waals surface area contributed by atoms with Crippen molar-refractivity contribution in [3.63, 3.8) is 0 Å². The summed E-state index contributed by atoms with van der Waals surface area (Å²) in [6, 6.07) is 7.22. The van der Waals surface area contributed by atoms with Crippen molar-refractivity contribution >= 4 is 17.9 Å². The number of hydrogen-bond acceptors (Lipinski definition) is 4. The van der Waals surface area contributed by atoms with Crippen LogP contribution in [0.5, 0.6) is 0 Å². The van der Waals surface area contributed by atoms with Crippen LogP contribution in [0.25, 0.3) is 11.3 Å². The highest BCUT2D eigenvalue weighted by Crippen LogP contribution is 2.27. The summed E-state index contributed by atoms with van der Waals surface area (Å²) < 4.78 is 10.2. The molecule has 5 heteroatoms. The van der Waals surface area contributed by atoms with E-state index < -0.39 is 0 Å². The number of halogens is 1. The van der Waals surface area contributed by atoms with E-state index in [0.717, 1.165) is 17.4 Å². The number of carbonyl (C=O) groups is 1. The second-order valence-electron chi connectivity index (χ2n) is 3.74. The zero-order valence-electron chi connectivity index (χ0n) is 9.85. The second-order valence-corrected chi connectivity index (χ2v) is 4.18. The molecule has 18 heavy (non-hydrogen) atoms. The minimum atomic E-state index is 0.250. The molecule has 0 amide bonds. The first kappa shape index (κ1) is 12.8. The lowest BCUT2D eigenvalue weighted by Gasteiger charge is -2.00. The van der Waals surface area contributed by atoms with E-state index in [1.54, 1.807) is 19.2 Å². The lowest BCUT2D eigenvalue weighted by atomic mass is 10.0. The maximum Gasteiger partial charge on any atom is 0.166 e. The number of carbonyl (C=O) groups excluding carboxylic acids is 1. The predicted octanol–water partition coefficient (Wildman–Crippen LogP) is 2.88. The van der Waals surface area contributed by atoms with Gasteiger partial charge in [0.25, 0.3) is 0 Å². The normalized spacial score (nSPS) is 10.6. The molecule has 0 bridgehead atoms. The number of aromatic nitrogens is 1. The average molecular weight is 266 g/mol. The van der Waals surface area contributed by atoms with E-state index in [4.69, 9.17) is 20.9 Å². The Morgan fingerprint density at radius 1 is 1.39 bits per heavy atom. The van der Waals surface area contributed by atoms with Crippen molar-refractivity contribution in [3.05, 3.63) is 40.6 Å². The van der Waals surface area contributed by atoms with Gasteiger partial charge in [0, 0.05) is 29.7 Å². The molecule has 4 nitrogen and oxygen atoms in total. The first-order chi connectivity index (χ1) is 8.76. The Bertz CT molecular complexity index is 534. The fourth-order valence-electron chi connectivity index (χ4n) is 1.72. The molecule has 1 aromatic carbocycles. The molecule has 0 aliphatic heterocycles. The van der Waals surface area contributed by atoms with Gasteiger partial charge < -0.3 is 14.1 Å². The monoisotopic (exact) mass is 265 g/mol. The quantitative estimate of drug-likeness (QED) is 0.780. The largest absolute Gasteiger partial charge is 0.377 e. The molecule has 0 aliphatic rings. The third-order valence-corrected chi connectivity index (χ3v) is 2.80. The third kappa shape index (κ3) is 2.60. The topological polar surface area (TPSA) is 52.3 Å². The molecule has 0 N–H and O–H groups in total. The van der Waals surface area contributed by atoms with E-state index in [-0.39, 0.29) is 6.42 Å². The lowest BCUT2D eigenvalue weighted by Crippen LogP contribution is -1.95. The van der Waals surface area contributed by atoms with Crippen molar-refractivity contribution in [1.82, 2.24) is 5.16 Å². The van der Waals surface area contributed by atoms with E-state index in [1.807, 2.05) is 12.1 Å². The SMILES string of the molecule is COCc1onc(-c2ccc(Cl)cc2)c1CC=O. The van der Waals surface area contributed by atoms with Crippen LogP contribution in [-0.4, -0.2) is 18.6 Å². The van der Waals surface area contributed by atoms with E-state index >= 15 is 0 Å². The van der Waals surface area contributed by atoms with Crippen molar-refractivity contribution in [1.29, 1.82) is 0 Å². The molecule has 1 aromatic heterocycles. The summed E-state index contributed by atoms with van der Waals surface area (Å²) in [6.07, 6.45) is 1.07. The van der Waals surface area contributed by atoms with E-state index in [0.29, 0.717) is 23.1 Å². The molecule has 0 radical (unpaired) electrons. The molecule has 2 rings (SSSR count). The first-order valence-corrected chi connectivity index (χ1v) is 5.80. The highest BCUT2D eigenvalue weighted by atomic mass is 35.5. The number of methoxy groups -OCH3 is 1. The molecule has 2 aromatic rings. The van der Waals surface area contributed by atoms with Crippen molar-refractivity contribution < 1.29 is 14.1 Å². The van der Waals surface area contributed by atoms with Crippen LogP contribution in [0.15, 0.2) is 28.8 Å². The smallest absolute Gasteiger partial charge is 0.166 e. The van der Waals surface area contributed by atoms with Crippen LogP contribution in [0.4, 0.5) is 0 Å². The first-order valence-electron chi connectivity index (χ1n) is 5.42. The maximum absolute atomic E-state index is 10.7. The average Bonchev–Trinajstić information content (AvgIpc) is 2.75. The number of hydrogen-bond donors (Lipinski definition) is 0. The van der Waals surface area contributed by atoms with Crippen molar-refractivity contribution in [2.24, 2.45) is 0 Å². The van der Waals surface area contributed by atoms with Crippen LogP contribution in [0.2, 0.25) is 5.02 Å². The van der Waals surface area contributed by atoms with Gasteiger partial charge in [-0.15, -0.1) is 0 Å². The van der Waals surface area contributed by atoms with Crippen molar-refractivity contribution in [2.75, 3.05) is 7.11 Å². The van der Waals surface area contributed by atoms with Crippen LogP contribution < -0.4 is 0 Å². The van der Waals surface area contributed by atoms with Crippen LogP contribution in [0.1, 0.15) is 11.3 Å². The zero-order chi connectivity index (χ0) is 13.0. The van der Waals surface area contributed by atoms with Crippen LogP contribution >= 0.6 is 11.6 Å². The number of ether oxygens (including phenoxy) is 1. The van der Waals surface area contributed by atoms with Gasteiger partial charge >= 0.3 is 0 Å². The number of nitrogens with zero attached hydrogens (tertiary/aromatic N) is 1. The molecule has 0 unspecified atom stereocenters. The summed E-state index contributed by atoms with van der Waals surface area (Å²) >= 11 is 5.83. The molecule has 0 saturated heterocycles. The maximum atomic E-state index is 10.7. The van der Waals surface area contributed by atoms with E-state index in [9.17, 15) is 4.79 Å². The predicted molar refractivity (Wildman–Crippen MR) is 67.4 cm³/mol. The van der Waals surface area contributed by atoms with Gasteiger partial charge in [0.1, 0.15) is 18.6 Å². The Labute approximate surface area is 109 Å². The molecule has 0 fully saturated rings. The fourth-order valence-corrected chi connectivity index (χ4v) is 1.84. The number of aldehydes is 1. The number of rotatable bonds is 5. The summed E-state index contributed by atoms with van der Waals surface area (Å²) in [5.74, 6) is 0.578. The van der Waals surface area contributed by atoms with Gasteiger partial charge in [0.15, 0.2) is 5.76 Å². The van der Waals surface area contributed by atoms with Crippen LogP contribution in [0, 0.1) is 0 Å². The van der Waals surface area contributed by atoms with Gasteiger partial charge in [-0.1, -0.05) is 28.9 Å². The lowest BCUT2D eigenvalue weighted by molar-refractivity contribution is -0.107. The Hall–Kier alpha value is -1.65. The Morgan fingerprint density at radius 2 is 2.11 bits per heavy atom. The van der Waals surface area contributed by atoms with E-state index in [2.05, 4.69) is 5.16 Å². The molecule has 94 valence electrons. The van der Waals surface area contributed by atoms with Crippen molar-refractivity contribution in [3.8, 4) is 11.3 Å². The van der Waals surface area contributed by atoms with Crippen molar-refractivity contribution in [2.45, 2.75) is 13.0 Å². The van der Waals surface area contributed by atoms with Gasteiger partial charge in [-0.05, 0) is 12.1 Å². The summed E-state index contributed by atoms with van der Waals surface area (Å²) in [7, 11) is 1.56. The van der Waals surface area contributed by atoms with Gasteiger partial charge in [-0.2, -0.15) is 0 Å². The minimum absolute atomic E-state index is 0.250. The Kier molecular flexibility index (Phi) is 4.12. The van der Waals surface area contributed by atoms with Crippen LogP contribution in [-0.2, 0) is 22.6 Å². The minimum Gasteiger partial charge on any atom is -0.377 e. The van der Waals surface area contributed by atoms with Gasteiger partial charge in [-0.3, -0.25) is 0 Å². The molecule has 0 aliphatic carbocycles. The molecule has 0 spiro atoms. The molecular weight excluding hydrogens is 254 g/mol.